The van der Waals surface area contributed by atoms with Gasteiger partial charge >= 0.3 is 11.9 Å². The first kappa shape index (κ1) is 43.4. The number of hydrogen-bond donors (Lipinski definition) is 2. The molecule has 0 heterocycles. The number of allylic oxidation sites excluding steroid dienone is 1. The second-order valence-electron chi connectivity index (χ2n) is 22.0. The monoisotopic (exact) mass is 794 g/mol. The summed E-state index contributed by atoms with van der Waals surface area (Å²) in [6.45, 7) is 26.7. The first-order valence-corrected chi connectivity index (χ1v) is 22.0. The standard InChI is InChI=1S/C48H72ClNO6/c1-29(2)39-33(51)25-48(36(52)28-50-27-30-13-15-31(49)16-14-30)24-23-46(11)32(40(39)48)17-18-35-45(10)21-20-37(44(8,9)34(45)19-22-47(35,46)12)55-38(53)26-43(6,7)41(54)56-42(3,4)5/h13-16,29,32,34-37,50,52H,17-28H2,1-12H3/t32-,34?,35-,36+,37+,45+,46-,47-,48+/m1/s1. The third-order valence-electron chi connectivity index (χ3n) is 16.5. The summed E-state index contributed by atoms with van der Waals surface area (Å²) in [5.41, 5.74) is 1.17. The molecule has 5 aliphatic rings. The quantitative estimate of drug-likeness (QED) is 0.227. The van der Waals surface area contributed by atoms with Gasteiger partial charge in [0.25, 0.3) is 0 Å². The van der Waals surface area contributed by atoms with Crippen LogP contribution in [0.4, 0.5) is 0 Å². The molecule has 0 aromatic heterocycles. The Morgan fingerprint density at radius 2 is 1.55 bits per heavy atom. The average molecular weight is 795 g/mol. The lowest BCUT2D eigenvalue weighted by molar-refractivity contribution is -0.235. The summed E-state index contributed by atoms with van der Waals surface area (Å²) in [5, 5.41) is 16.4. The molecule has 0 spiro atoms. The van der Waals surface area contributed by atoms with Crippen LogP contribution in [0.25, 0.3) is 0 Å². The number of ketones is 1. The number of Topliss-reactive ketones (excluding diaryl/α,β-unsaturated/α-hetero) is 1. The van der Waals surface area contributed by atoms with Crippen LogP contribution in [0.1, 0.15) is 153 Å². The Bertz CT molecular complexity index is 1720. The van der Waals surface area contributed by atoms with E-state index in [1.807, 2.05) is 45.0 Å². The molecule has 1 unspecified atom stereocenters. The van der Waals surface area contributed by atoms with Gasteiger partial charge in [-0.15, -0.1) is 0 Å². The maximum absolute atomic E-state index is 14.1. The summed E-state index contributed by atoms with van der Waals surface area (Å²) < 4.78 is 12.0. The molecular weight excluding hydrogens is 722 g/mol. The SMILES string of the molecule is CC(C)C1=C2[C@H]3CC[C@@H]4[C@@]5(C)CC[C@H](OC(=O)CC(C)(C)C(=O)OC(C)(C)C)C(C)(C)C5CC[C@@]4(C)[C@]3(C)CC[C@@]2([C@@H](O)CNCc2ccc(Cl)cc2)CC1=O. The van der Waals surface area contributed by atoms with Gasteiger partial charge in [-0.25, -0.2) is 0 Å². The van der Waals surface area contributed by atoms with E-state index in [0.717, 1.165) is 62.5 Å². The van der Waals surface area contributed by atoms with E-state index >= 15 is 0 Å². The number of halogens is 1. The molecule has 4 fully saturated rings. The molecule has 0 aliphatic heterocycles. The van der Waals surface area contributed by atoms with Gasteiger partial charge in [-0.2, -0.15) is 0 Å². The van der Waals surface area contributed by atoms with Crippen molar-refractivity contribution in [1.29, 1.82) is 0 Å². The molecule has 312 valence electrons. The predicted molar refractivity (Wildman–Crippen MR) is 223 cm³/mol. The normalized spacial score (nSPS) is 35.9. The highest BCUT2D eigenvalue weighted by molar-refractivity contribution is 6.30. The highest BCUT2D eigenvalue weighted by atomic mass is 35.5. The van der Waals surface area contributed by atoms with Crippen molar-refractivity contribution in [2.24, 2.45) is 56.2 Å². The summed E-state index contributed by atoms with van der Waals surface area (Å²) in [4.78, 5) is 40.6. The van der Waals surface area contributed by atoms with Crippen molar-refractivity contribution in [3.63, 3.8) is 0 Å². The third kappa shape index (κ3) is 7.24. The fourth-order valence-corrected chi connectivity index (χ4v) is 13.6. The summed E-state index contributed by atoms with van der Waals surface area (Å²) in [6, 6.07) is 7.81. The van der Waals surface area contributed by atoms with E-state index in [9.17, 15) is 19.5 Å². The molecule has 0 saturated heterocycles. The maximum atomic E-state index is 14.1. The Hall–Kier alpha value is -2.22. The van der Waals surface area contributed by atoms with Crippen LogP contribution < -0.4 is 5.32 Å². The Morgan fingerprint density at radius 1 is 0.893 bits per heavy atom. The van der Waals surface area contributed by atoms with E-state index in [2.05, 4.69) is 53.8 Å². The number of carbonyl (C=O) groups is 3. The number of nitrogens with one attached hydrogen (secondary N) is 1. The van der Waals surface area contributed by atoms with E-state index in [0.29, 0.717) is 36.4 Å². The molecule has 0 bridgehead atoms. The van der Waals surface area contributed by atoms with Crippen molar-refractivity contribution < 1.29 is 29.0 Å². The Balaban J connectivity index is 1.22. The number of benzene rings is 1. The predicted octanol–water partition coefficient (Wildman–Crippen LogP) is 10.4. The van der Waals surface area contributed by atoms with Crippen LogP contribution in [0.3, 0.4) is 0 Å². The van der Waals surface area contributed by atoms with Crippen LogP contribution in [0.15, 0.2) is 35.4 Å². The first-order chi connectivity index (χ1) is 25.8. The van der Waals surface area contributed by atoms with Crippen molar-refractivity contribution in [2.45, 2.75) is 172 Å². The van der Waals surface area contributed by atoms with E-state index in [1.165, 1.54) is 5.57 Å². The highest BCUT2D eigenvalue weighted by Crippen LogP contribution is 2.77. The van der Waals surface area contributed by atoms with Gasteiger partial charge in [-0.05, 0) is 149 Å². The van der Waals surface area contributed by atoms with Crippen LogP contribution in [0.5, 0.6) is 0 Å². The number of hydrogen-bond acceptors (Lipinski definition) is 7. The molecule has 2 N–H and O–H groups in total. The van der Waals surface area contributed by atoms with Gasteiger partial charge in [-0.1, -0.05) is 77.8 Å². The molecule has 1 aromatic carbocycles. The molecule has 0 amide bonds. The minimum absolute atomic E-state index is 0.00928. The lowest BCUT2D eigenvalue weighted by Gasteiger charge is -2.72. The van der Waals surface area contributed by atoms with E-state index in [1.54, 1.807) is 13.8 Å². The van der Waals surface area contributed by atoms with Gasteiger partial charge in [-0.3, -0.25) is 14.4 Å². The molecule has 4 saturated carbocycles. The van der Waals surface area contributed by atoms with Gasteiger partial charge in [0.15, 0.2) is 5.78 Å². The smallest absolute Gasteiger partial charge is 0.312 e. The summed E-state index contributed by atoms with van der Waals surface area (Å²) in [5.74, 6) is 0.776. The maximum Gasteiger partial charge on any atom is 0.312 e. The molecule has 9 atom stereocenters. The second kappa shape index (κ2) is 14.8. The number of aliphatic hydroxyl groups excluding tert-OH is 1. The van der Waals surface area contributed by atoms with Crippen LogP contribution in [-0.4, -0.2) is 47.2 Å². The zero-order valence-corrected chi connectivity index (χ0v) is 37.4. The molecule has 5 aliphatic carbocycles. The lowest BCUT2D eigenvalue weighted by Crippen LogP contribution is -2.66. The molecular formula is C48H72ClNO6. The second-order valence-corrected chi connectivity index (χ2v) is 22.5. The number of ether oxygens (including phenoxy) is 2. The van der Waals surface area contributed by atoms with E-state index in [-0.39, 0.29) is 63.7 Å². The largest absolute Gasteiger partial charge is 0.462 e. The number of rotatable bonds is 10. The molecule has 7 nitrogen and oxygen atoms in total. The fourth-order valence-electron chi connectivity index (χ4n) is 13.5. The van der Waals surface area contributed by atoms with Crippen molar-refractivity contribution in [1.82, 2.24) is 5.32 Å². The first-order valence-electron chi connectivity index (χ1n) is 21.7. The van der Waals surface area contributed by atoms with Crippen molar-refractivity contribution in [2.75, 3.05) is 6.54 Å². The van der Waals surface area contributed by atoms with Gasteiger partial charge in [0.05, 0.1) is 17.9 Å². The van der Waals surface area contributed by atoms with Crippen molar-refractivity contribution in [3.05, 3.63) is 46.0 Å². The summed E-state index contributed by atoms with van der Waals surface area (Å²) >= 11 is 6.12. The Morgan fingerprint density at radius 3 is 2.18 bits per heavy atom. The topological polar surface area (TPSA) is 102 Å². The number of fused-ring (bicyclic) bond motifs is 7. The van der Waals surface area contributed by atoms with Crippen molar-refractivity contribution >= 4 is 29.3 Å². The molecule has 8 heteroatoms. The lowest BCUT2D eigenvalue weighted by atomic mass is 9.33. The van der Waals surface area contributed by atoms with Gasteiger partial charge in [0.1, 0.15) is 11.7 Å². The fraction of sp³-hybridized carbons (Fsp3) is 0.771. The zero-order valence-electron chi connectivity index (χ0n) is 36.6. The summed E-state index contributed by atoms with van der Waals surface area (Å²) in [7, 11) is 0. The molecule has 56 heavy (non-hydrogen) atoms. The number of aliphatic hydroxyl groups is 1. The molecule has 1 aromatic rings. The zero-order chi connectivity index (χ0) is 41.4. The van der Waals surface area contributed by atoms with E-state index in [4.69, 9.17) is 21.1 Å². The Labute approximate surface area is 342 Å². The molecule has 6 rings (SSSR count). The minimum atomic E-state index is -0.977. The van der Waals surface area contributed by atoms with Crippen LogP contribution >= 0.6 is 11.6 Å². The van der Waals surface area contributed by atoms with Crippen LogP contribution in [0, 0.1) is 56.2 Å². The van der Waals surface area contributed by atoms with Gasteiger partial charge < -0.3 is 19.9 Å². The van der Waals surface area contributed by atoms with Crippen LogP contribution in [0.2, 0.25) is 5.02 Å². The number of esters is 2. The van der Waals surface area contributed by atoms with Gasteiger partial charge in [0, 0.05) is 35.4 Å². The van der Waals surface area contributed by atoms with Crippen LogP contribution in [-0.2, 0) is 30.4 Å². The van der Waals surface area contributed by atoms with Gasteiger partial charge in [0.2, 0.25) is 0 Å². The minimum Gasteiger partial charge on any atom is -0.462 e. The Kier molecular flexibility index (Phi) is 11.5. The third-order valence-corrected chi connectivity index (χ3v) is 16.7. The average Bonchev–Trinajstić information content (AvgIpc) is 3.39. The molecule has 0 radical (unpaired) electrons. The number of carbonyl (C=O) groups excluding carboxylic acids is 3. The highest BCUT2D eigenvalue weighted by Gasteiger charge is 2.70. The van der Waals surface area contributed by atoms with Crippen molar-refractivity contribution in [3.8, 4) is 0 Å². The van der Waals surface area contributed by atoms with E-state index < -0.39 is 22.5 Å². The summed E-state index contributed by atoms with van der Waals surface area (Å²) in [6.07, 6.45) is 7.45.